The molecule has 0 unspecified atom stereocenters. The van der Waals surface area contributed by atoms with E-state index in [0.717, 1.165) is 34.0 Å². The van der Waals surface area contributed by atoms with Gasteiger partial charge in [0.05, 0.1) is 36.8 Å². The fourth-order valence-corrected chi connectivity index (χ4v) is 4.66. The van der Waals surface area contributed by atoms with Crippen LogP contribution in [0, 0.1) is 0 Å². The number of rotatable bonds is 5. The molecule has 0 saturated heterocycles. The van der Waals surface area contributed by atoms with Crippen LogP contribution < -0.4 is 5.32 Å². The number of carbonyl (C=O) groups excluding carboxylic acids is 2. The summed E-state index contributed by atoms with van der Waals surface area (Å²) in [7, 11) is 1.30. The van der Waals surface area contributed by atoms with Gasteiger partial charge in [0.15, 0.2) is 0 Å². The van der Waals surface area contributed by atoms with Gasteiger partial charge >= 0.3 is 12.0 Å². The van der Waals surface area contributed by atoms with Crippen molar-refractivity contribution >= 4 is 12.0 Å². The van der Waals surface area contributed by atoms with Gasteiger partial charge in [-0.2, -0.15) is 5.10 Å². The summed E-state index contributed by atoms with van der Waals surface area (Å²) in [6, 6.07) is 23.2. The molecule has 5 rings (SSSR count). The molecule has 8 heteroatoms. The van der Waals surface area contributed by atoms with Crippen LogP contribution in [0.1, 0.15) is 35.5 Å². The van der Waals surface area contributed by atoms with E-state index >= 15 is 0 Å². The molecule has 0 fully saturated rings. The van der Waals surface area contributed by atoms with Gasteiger partial charge in [-0.25, -0.2) is 9.48 Å². The largest absolute Gasteiger partial charge is 0.468 e. The van der Waals surface area contributed by atoms with E-state index in [1.54, 1.807) is 4.90 Å². The number of ether oxygens (including phenoxy) is 1. The lowest BCUT2D eigenvalue weighted by molar-refractivity contribution is -0.139. The summed E-state index contributed by atoms with van der Waals surface area (Å²) in [6.07, 6.45) is 2.73. The standard InChI is InChI=1S/C27H27N5O3/c1-3-22-21-18-31(27(34)28-17-24(33)35-2)25(19-11-6-4-7-12-19)23-15-10-16-30(23)26(21)32(29-22)20-13-8-5-9-14-20/h4-16,25H,3,17-18H2,1-2H3,(H,28,34)/t25-/m1/s1. The molecule has 0 aliphatic carbocycles. The fourth-order valence-electron chi connectivity index (χ4n) is 4.66. The highest BCUT2D eigenvalue weighted by Gasteiger charge is 2.36. The maximum Gasteiger partial charge on any atom is 0.325 e. The Morgan fingerprint density at radius 2 is 1.74 bits per heavy atom. The topological polar surface area (TPSA) is 81.4 Å². The highest BCUT2D eigenvalue weighted by molar-refractivity contribution is 5.81. The molecule has 2 amide bonds. The molecule has 1 atom stereocenters. The quantitative estimate of drug-likeness (QED) is 0.448. The lowest BCUT2D eigenvalue weighted by atomic mass is 10.0. The fraction of sp³-hybridized carbons (Fsp3) is 0.222. The Balaban J connectivity index is 1.70. The van der Waals surface area contributed by atoms with Crippen molar-refractivity contribution in [2.45, 2.75) is 25.9 Å². The van der Waals surface area contributed by atoms with Crippen molar-refractivity contribution in [1.29, 1.82) is 0 Å². The van der Waals surface area contributed by atoms with Crippen molar-refractivity contribution in [3.63, 3.8) is 0 Å². The minimum atomic E-state index is -0.500. The predicted octanol–water partition coefficient (Wildman–Crippen LogP) is 4.01. The average Bonchev–Trinajstić information content (AvgIpc) is 3.49. The molecule has 4 aromatic rings. The first kappa shape index (κ1) is 22.5. The number of fused-ring (bicyclic) bond motifs is 3. The predicted molar refractivity (Wildman–Crippen MR) is 132 cm³/mol. The number of methoxy groups -OCH3 is 1. The van der Waals surface area contributed by atoms with E-state index in [0.29, 0.717) is 13.0 Å². The molecule has 35 heavy (non-hydrogen) atoms. The van der Waals surface area contributed by atoms with Crippen LogP contribution in [0.25, 0.3) is 11.5 Å². The Hall–Kier alpha value is -4.33. The van der Waals surface area contributed by atoms with E-state index in [9.17, 15) is 9.59 Å². The van der Waals surface area contributed by atoms with Crippen LogP contribution in [0.15, 0.2) is 79.0 Å². The van der Waals surface area contributed by atoms with E-state index in [-0.39, 0.29) is 18.6 Å². The molecule has 0 saturated carbocycles. The van der Waals surface area contributed by atoms with Gasteiger partial charge in [0.1, 0.15) is 12.4 Å². The molecule has 0 bridgehead atoms. The van der Waals surface area contributed by atoms with Crippen LogP contribution in [0.5, 0.6) is 0 Å². The normalized spacial score (nSPS) is 14.6. The summed E-state index contributed by atoms with van der Waals surface area (Å²) in [5.41, 5.74) is 4.75. The molecule has 1 N–H and O–H groups in total. The molecule has 2 aromatic heterocycles. The van der Waals surface area contributed by atoms with Gasteiger partial charge in [0.2, 0.25) is 0 Å². The first-order valence-electron chi connectivity index (χ1n) is 11.6. The summed E-state index contributed by atoms with van der Waals surface area (Å²) in [4.78, 5) is 27.1. The maximum absolute atomic E-state index is 13.5. The Bertz CT molecular complexity index is 1340. The van der Waals surface area contributed by atoms with Gasteiger partial charge in [-0.05, 0) is 36.2 Å². The van der Waals surface area contributed by atoms with Crippen LogP contribution in [-0.4, -0.2) is 44.9 Å². The van der Waals surface area contributed by atoms with Gasteiger partial charge in [0, 0.05) is 11.8 Å². The number of aryl methyl sites for hydroxylation is 1. The second-order valence-corrected chi connectivity index (χ2v) is 8.33. The summed E-state index contributed by atoms with van der Waals surface area (Å²) in [5.74, 6) is 0.414. The highest BCUT2D eigenvalue weighted by atomic mass is 16.5. The SMILES string of the molecule is CCc1nn(-c2ccccc2)c2c1CN(C(=O)NCC(=O)OC)[C@H](c1ccccc1)c1cccn1-2. The number of para-hydroxylation sites is 1. The molecular weight excluding hydrogens is 442 g/mol. The monoisotopic (exact) mass is 469 g/mol. The Kier molecular flexibility index (Phi) is 6.10. The van der Waals surface area contributed by atoms with Gasteiger partial charge in [-0.3, -0.25) is 4.79 Å². The Morgan fingerprint density at radius 1 is 1.03 bits per heavy atom. The summed E-state index contributed by atoms with van der Waals surface area (Å²) < 4.78 is 8.80. The van der Waals surface area contributed by atoms with Crippen LogP contribution in [0.4, 0.5) is 4.79 Å². The highest BCUT2D eigenvalue weighted by Crippen LogP contribution is 2.38. The van der Waals surface area contributed by atoms with E-state index in [1.807, 2.05) is 83.7 Å². The van der Waals surface area contributed by atoms with E-state index in [4.69, 9.17) is 9.84 Å². The van der Waals surface area contributed by atoms with Crippen molar-refractivity contribution in [3.8, 4) is 11.5 Å². The second kappa shape index (κ2) is 9.50. The third-order valence-electron chi connectivity index (χ3n) is 6.29. The number of amides is 2. The molecule has 2 aromatic carbocycles. The van der Waals surface area contributed by atoms with E-state index < -0.39 is 5.97 Å². The molecule has 3 heterocycles. The van der Waals surface area contributed by atoms with Crippen molar-refractivity contribution in [2.75, 3.05) is 13.7 Å². The van der Waals surface area contributed by atoms with Crippen molar-refractivity contribution in [3.05, 3.63) is 102 Å². The number of urea groups is 1. The summed E-state index contributed by atoms with van der Waals surface area (Å²) >= 11 is 0. The maximum atomic E-state index is 13.5. The molecular formula is C27H27N5O3. The number of nitrogens with one attached hydrogen (secondary N) is 1. The van der Waals surface area contributed by atoms with Crippen molar-refractivity contribution in [2.24, 2.45) is 0 Å². The third-order valence-corrected chi connectivity index (χ3v) is 6.29. The lowest BCUT2D eigenvalue weighted by Gasteiger charge is -2.31. The summed E-state index contributed by atoms with van der Waals surface area (Å²) in [5, 5.41) is 7.68. The molecule has 1 aliphatic heterocycles. The zero-order chi connectivity index (χ0) is 24.4. The lowest BCUT2D eigenvalue weighted by Crippen LogP contribution is -2.44. The van der Waals surface area contributed by atoms with Crippen LogP contribution >= 0.6 is 0 Å². The number of nitrogens with zero attached hydrogens (tertiary/aromatic N) is 4. The van der Waals surface area contributed by atoms with Gasteiger partial charge in [-0.15, -0.1) is 0 Å². The zero-order valence-electron chi connectivity index (χ0n) is 19.7. The Morgan fingerprint density at radius 3 is 2.43 bits per heavy atom. The van der Waals surface area contributed by atoms with Crippen LogP contribution in [0.3, 0.4) is 0 Å². The summed E-state index contributed by atoms with van der Waals surface area (Å²) in [6.45, 7) is 2.19. The van der Waals surface area contributed by atoms with Crippen LogP contribution in [-0.2, 0) is 22.5 Å². The van der Waals surface area contributed by atoms with Crippen molar-refractivity contribution < 1.29 is 14.3 Å². The smallest absolute Gasteiger partial charge is 0.325 e. The zero-order valence-corrected chi connectivity index (χ0v) is 19.7. The molecule has 1 aliphatic rings. The van der Waals surface area contributed by atoms with Crippen molar-refractivity contribution in [1.82, 2.24) is 24.6 Å². The number of esters is 1. The molecule has 178 valence electrons. The minimum absolute atomic E-state index is 0.203. The first-order chi connectivity index (χ1) is 17.1. The van der Waals surface area contributed by atoms with E-state index in [2.05, 4.69) is 16.8 Å². The first-order valence-corrected chi connectivity index (χ1v) is 11.6. The van der Waals surface area contributed by atoms with Gasteiger partial charge < -0.3 is 19.5 Å². The van der Waals surface area contributed by atoms with Crippen LogP contribution in [0.2, 0.25) is 0 Å². The Labute approximate surface area is 203 Å². The van der Waals surface area contributed by atoms with Gasteiger partial charge in [-0.1, -0.05) is 55.5 Å². The number of aromatic nitrogens is 3. The molecule has 8 nitrogen and oxygen atoms in total. The van der Waals surface area contributed by atoms with E-state index in [1.165, 1.54) is 7.11 Å². The number of benzene rings is 2. The third kappa shape index (κ3) is 4.07. The average molecular weight is 470 g/mol. The number of carbonyl (C=O) groups is 2. The molecule has 0 spiro atoms. The van der Waals surface area contributed by atoms with Gasteiger partial charge in [0.25, 0.3) is 0 Å². The number of hydrogen-bond acceptors (Lipinski definition) is 4. The number of hydrogen-bond donors (Lipinski definition) is 1. The minimum Gasteiger partial charge on any atom is -0.468 e. The second-order valence-electron chi connectivity index (χ2n) is 8.33. The molecule has 0 radical (unpaired) electrons.